The normalized spacial score (nSPS) is 15.6. The van der Waals surface area contributed by atoms with Crippen LogP contribution in [-0.4, -0.2) is 31.7 Å². The molecule has 0 saturated heterocycles. The van der Waals surface area contributed by atoms with Gasteiger partial charge in [0.2, 0.25) is 12.7 Å². The van der Waals surface area contributed by atoms with Gasteiger partial charge in [-0.05, 0) is 30.7 Å². The Morgan fingerprint density at radius 2 is 1.64 bits per heavy atom. The van der Waals surface area contributed by atoms with Crippen molar-refractivity contribution in [3.63, 3.8) is 0 Å². The Labute approximate surface area is 145 Å². The molecular weight excluding hydrogens is 320 g/mol. The third-order valence-electron chi connectivity index (χ3n) is 4.48. The molecule has 0 N–H and O–H groups in total. The Morgan fingerprint density at radius 1 is 0.920 bits per heavy atom. The zero-order valence-corrected chi connectivity index (χ0v) is 13.9. The summed E-state index contributed by atoms with van der Waals surface area (Å²) in [7, 11) is 0. The summed E-state index contributed by atoms with van der Waals surface area (Å²) in [4.78, 5) is 28.7. The zero-order valence-electron chi connectivity index (χ0n) is 13.9. The lowest BCUT2D eigenvalue weighted by Crippen LogP contribution is -2.31. The summed E-state index contributed by atoms with van der Waals surface area (Å²) < 4.78 is 10.9. The second kappa shape index (κ2) is 6.12. The lowest BCUT2D eigenvalue weighted by molar-refractivity contribution is -0.116. The van der Waals surface area contributed by atoms with Crippen LogP contribution in [0.4, 0.5) is 11.4 Å². The van der Waals surface area contributed by atoms with Gasteiger partial charge in [-0.15, -0.1) is 0 Å². The lowest BCUT2D eigenvalue weighted by Gasteiger charge is -2.25. The molecule has 25 heavy (non-hydrogen) atoms. The van der Waals surface area contributed by atoms with Crippen molar-refractivity contribution in [3.8, 4) is 11.5 Å². The van der Waals surface area contributed by atoms with Gasteiger partial charge in [0.15, 0.2) is 11.5 Å². The van der Waals surface area contributed by atoms with E-state index in [-0.39, 0.29) is 18.6 Å². The molecule has 2 amide bonds. The average Bonchev–Trinajstić information content (AvgIpc) is 3.01. The maximum absolute atomic E-state index is 13.2. The fraction of sp³-hybridized carbons (Fsp3) is 0.263. The summed E-state index contributed by atoms with van der Waals surface area (Å²) in [6.07, 6.45) is 0.701. The second-order valence-corrected chi connectivity index (χ2v) is 6.01. The average molecular weight is 338 g/mol. The number of carbonyl (C=O) groups excluding carboxylic acids is 2. The Bertz CT molecular complexity index is 849. The molecule has 6 heteroatoms. The van der Waals surface area contributed by atoms with Gasteiger partial charge in [0.1, 0.15) is 0 Å². The molecule has 6 nitrogen and oxygen atoms in total. The number of ether oxygens (including phenoxy) is 2. The zero-order chi connectivity index (χ0) is 17.4. The molecule has 2 aliphatic rings. The topological polar surface area (TPSA) is 59.1 Å². The minimum Gasteiger partial charge on any atom is -0.454 e. The van der Waals surface area contributed by atoms with Crippen LogP contribution in [0.15, 0.2) is 42.5 Å². The van der Waals surface area contributed by atoms with Gasteiger partial charge in [0.05, 0.1) is 16.9 Å². The van der Waals surface area contributed by atoms with Crippen LogP contribution in [-0.2, 0) is 4.79 Å². The molecule has 2 heterocycles. The van der Waals surface area contributed by atoms with E-state index >= 15 is 0 Å². The fourth-order valence-electron chi connectivity index (χ4n) is 3.33. The highest BCUT2D eigenvalue weighted by Crippen LogP contribution is 2.38. The van der Waals surface area contributed by atoms with E-state index in [9.17, 15) is 9.59 Å². The summed E-state index contributed by atoms with van der Waals surface area (Å²) in [5.74, 6) is 0.885. The first kappa shape index (κ1) is 15.5. The lowest BCUT2D eigenvalue weighted by atomic mass is 10.1. The van der Waals surface area contributed by atoms with E-state index in [1.807, 2.05) is 24.3 Å². The second-order valence-electron chi connectivity index (χ2n) is 6.01. The van der Waals surface area contributed by atoms with E-state index in [4.69, 9.17) is 9.47 Å². The molecule has 0 fully saturated rings. The van der Waals surface area contributed by atoms with Crippen molar-refractivity contribution in [2.45, 2.75) is 13.3 Å². The number of hydrogen-bond acceptors (Lipinski definition) is 4. The summed E-state index contributed by atoms with van der Waals surface area (Å²) in [6.45, 7) is 2.78. The molecule has 0 atom stereocenters. The molecule has 2 aromatic rings. The van der Waals surface area contributed by atoms with Crippen molar-refractivity contribution in [1.29, 1.82) is 0 Å². The summed E-state index contributed by atoms with van der Waals surface area (Å²) in [5.41, 5.74) is 1.96. The fourth-order valence-corrected chi connectivity index (χ4v) is 3.33. The molecule has 0 radical (unpaired) electrons. The molecule has 0 unspecified atom stereocenters. The van der Waals surface area contributed by atoms with Crippen molar-refractivity contribution in [2.75, 3.05) is 29.7 Å². The molecule has 2 aliphatic heterocycles. The SMILES string of the molecule is CC(=O)N1CCCN(C(=O)c2cccc3c2OCO3)c2ccccc21. The molecule has 128 valence electrons. The number of rotatable bonds is 1. The first-order valence-electron chi connectivity index (χ1n) is 8.24. The predicted octanol–water partition coefficient (Wildman–Crippen LogP) is 2.82. The van der Waals surface area contributed by atoms with E-state index in [1.165, 1.54) is 0 Å². The first-order valence-corrected chi connectivity index (χ1v) is 8.24. The van der Waals surface area contributed by atoms with Gasteiger partial charge in [0, 0.05) is 20.0 Å². The van der Waals surface area contributed by atoms with Crippen LogP contribution in [0.2, 0.25) is 0 Å². The van der Waals surface area contributed by atoms with Gasteiger partial charge in [-0.1, -0.05) is 18.2 Å². The summed E-state index contributed by atoms with van der Waals surface area (Å²) in [6, 6.07) is 12.8. The van der Waals surface area contributed by atoms with Gasteiger partial charge in [-0.3, -0.25) is 9.59 Å². The minimum atomic E-state index is -0.153. The predicted molar refractivity (Wildman–Crippen MR) is 93.3 cm³/mol. The van der Waals surface area contributed by atoms with Crippen LogP contribution in [0.3, 0.4) is 0 Å². The van der Waals surface area contributed by atoms with Crippen molar-refractivity contribution in [3.05, 3.63) is 48.0 Å². The quantitative estimate of drug-likeness (QED) is 0.802. The highest BCUT2D eigenvalue weighted by Gasteiger charge is 2.30. The highest BCUT2D eigenvalue weighted by atomic mass is 16.7. The third-order valence-corrected chi connectivity index (χ3v) is 4.48. The number of carbonyl (C=O) groups is 2. The molecule has 4 rings (SSSR count). The van der Waals surface area contributed by atoms with Gasteiger partial charge in [-0.2, -0.15) is 0 Å². The van der Waals surface area contributed by atoms with Crippen LogP contribution in [0.25, 0.3) is 0 Å². The molecular formula is C19H18N2O4. The number of amides is 2. The van der Waals surface area contributed by atoms with Crippen molar-refractivity contribution in [2.24, 2.45) is 0 Å². The Balaban J connectivity index is 1.77. The summed E-state index contributed by atoms with van der Waals surface area (Å²) >= 11 is 0. The van der Waals surface area contributed by atoms with Crippen LogP contribution in [0.5, 0.6) is 11.5 Å². The molecule has 0 saturated carbocycles. The van der Waals surface area contributed by atoms with Crippen molar-refractivity contribution in [1.82, 2.24) is 0 Å². The maximum atomic E-state index is 13.2. The Kier molecular flexibility index (Phi) is 3.80. The number of nitrogens with zero attached hydrogens (tertiary/aromatic N) is 2. The number of benzene rings is 2. The van der Waals surface area contributed by atoms with E-state index in [0.717, 1.165) is 11.4 Å². The van der Waals surface area contributed by atoms with Gasteiger partial charge < -0.3 is 19.3 Å². The van der Waals surface area contributed by atoms with Gasteiger partial charge >= 0.3 is 0 Å². The molecule has 2 aromatic carbocycles. The molecule has 0 aromatic heterocycles. The number of hydrogen-bond donors (Lipinski definition) is 0. The minimum absolute atomic E-state index is 0.0286. The summed E-state index contributed by atoms with van der Waals surface area (Å²) in [5, 5.41) is 0. The highest BCUT2D eigenvalue weighted by molar-refractivity contribution is 6.11. The monoisotopic (exact) mass is 338 g/mol. The van der Waals surface area contributed by atoms with E-state index in [0.29, 0.717) is 36.6 Å². The van der Waals surface area contributed by atoms with Crippen LogP contribution < -0.4 is 19.3 Å². The molecule has 0 bridgehead atoms. The van der Waals surface area contributed by atoms with E-state index in [1.54, 1.807) is 34.9 Å². The van der Waals surface area contributed by atoms with Gasteiger partial charge in [0.25, 0.3) is 5.91 Å². The number of anilines is 2. The Hall–Kier alpha value is -3.02. The van der Waals surface area contributed by atoms with Crippen LogP contribution >= 0.6 is 0 Å². The van der Waals surface area contributed by atoms with Crippen LogP contribution in [0.1, 0.15) is 23.7 Å². The maximum Gasteiger partial charge on any atom is 0.262 e. The van der Waals surface area contributed by atoms with Crippen LogP contribution in [0, 0.1) is 0 Å². The van der Waals surface area contributed by atoms with E-state index in [2.05, 4.69) is 0 Å². The third kappa shape index (κ3) is 2.59. The van der Waals surface area contributed by atoms with Crippen molar-refractivity contribution >= 4 is 23.2 Å². The standard InChI is InChI=1S/C19H18N2O4/c1-13(22)20-10-5-11-21(16-8-3-2-7-15(16)20)19(23)14-6-4-9-17-18(14)25-12-24-17/h2-4,6-9H,5,10-12H2,1H3. The molecule has 0 spiro atoms. The van der Waals surface area contributed by atoms with Gasteiger partial charge in [-0.25, -0.2) is 0 Å². The number of para-hydroxylation sites is 3. The molecule has 0 aliphatic carbocycles. The van der Waals surface area contributed by atoms with E-state index < -0.39 is 0 Å². The largest absolute Gasteiger partial charge is 0.454 e. The smallest absolute Gasteiger partial charge is 0.262 e. The number of fused-ring (bicyclic) bond motifs is 2. The van der Waals surface area contributed by atoms with Crippen molar-refractivity contribution < 1.29 is 19.1 Å². The Morgan fingerprint density at radius 3 is 2.40 bits per heavy atom. The first-order chi connectivity index (χ1) is 12.2.